The first kappa shape index (κ1) is 33.2. The number of nitrogen functional groups attached to an aromatic ring is 1. The number of para-hydroxylation sites is 1. The molecular weight excluding hydrogens is 635 g/mol. The van der Waals surface area contributed by atoms with Gasteiger partial charge in [0.2, 0.25) is 5.91 Å². The minimum absolute atomic E-state index is 0.0700. The van der Waals surface area contributed by atoms with E-state index < -0.39 is 29.5 Å². The maximum atomic E-state index is 13.9. The van der Waals surface area contributed by atoms with Crippen LogP contribution in [0.2, 0.25) is 5.02 Å². The molecule has 4 aliphatic rings. The summed E-state index contributed by atoms with van der Waals surface area (Å²) in [6.07, 6.45) is 0.149. The number of alkyl halides is 3. The average molecular weight is 676 g/mol. The van der Waals surface area contributed by atoms with Gasteiger partial charge in [0, 0.05) is 56.9 Å². The summed E-state index contributed by atoms with van der Waals surface area (Å²) in [6, 6.07) is 8.45. The van der Waals surface area contributed by atoms with Crippen molar-refractivity contribution in [1.29, 1.82) is 0 Å². The van der Waals surface area contributed by atoms with Crippen molar-refractivity contribution in [2.45, 2.75) is 75.8 Å². The van der Waals surface area contributed by atoms with Crippen molar-refractivity contribution in [3.63, 3.8) is 0 Å². The molecule has 6 rings (SSSR count). The van der Waals surface area contributed by atoms with Crippen LogP contribution in [-0.2, 0) is 23.9 Å². The van der Waals surface area contributed by atoms with Gasteiger partial charge in [0.25, 0.3) is 0 Å². The fourth-order valence-corrected chi connectivity index (χ4v) is 7.62. The van der Waals surface area contributed by atoms with E-state index in [9.17, 15) is 27.6 Å². The second kappa shape index (κ2) is 13.8. The van der Waals surface area contributed by atoms with Gasteiger partial charge in [0.1, 0.15) is 6.04 Å². The number of hydrogen-bond donors (Lipinski definition) is 3. The number of nitrogens with one attached hydrogen (secondary N) is 2. The molecular formula is C33H41ClF3N7O3. The number of carbonyl (C=O) groups is 3. The summed E-state index contributed by atoms with van der Waals surface area (Å²) in [5, 5.41) is 5.52. The third-order valence-electron chi connectivity index (χ3n) is 10.0. The first-order chi connectivity index (χ1) is 22.5. The molecule has 0 aromatic heterocycles. The van der Waals surface area contributed by atoms with Gasteiger partial charge in [0.15, 0.2) is 0 Å². The van der Waals surface area contributed by atoms with E-state index in [0.717, 1.165) is 43.2 Å². The standard InChI is InChI=1S/C33H41ClF3N7O3/c34-26-18-21(17-25(29(26)38)33(35,36)37)19-28(30(45)42-13-7-23(8-14-42)41-11-3-4-12-41)40-31(46)43-15-9-24(10-16-43)44-20-22-5-1-2-6-27(22)39-32(44)47/h1-2,5-6,17-18,23-24,28H,3-4,7-16,19-20,38H2,(H,39,47)(H,40,46). The van der Waals surface area contributed by atoms with Gasteiger partial charge >= 0.3 is 18.2 Å². The second-order valence-corrected chi connectivity index (χ2v) is 13.4. The van der Waals surface area contributed by atoms with Crippen molar-refractivity contribution < 1.29 is 27.6 Å². The molecule has 0 aliphatic carbocycles. The largest absolute Gasteiger partial charge is 0.418 e. The molecule has 4 heterocycles. The average Bonchev–Trinajstić information content (AvgIpc) is 3.60. The molecule has 5 amide bonds. The fourth-order valence-electron chi connectivity index (χ4n) is 7.38. The highest BCUT2D eigenvalue weighted by Gasteiger charge is 2.38. The van der Waals surface area contributed by atoms with Crippen LogP contribution in [0.5, 0.6) is 0 Å². The molecule has 1 atom stereocenters. The number of fused-ring (bicyclic) bond motifs is 1. The van der Waals surface area contributed by atoms with Gasteiger partial charge in [-0.05, 0) is 80.9 Å². The van der Waals surface area contributed by atoms with Gasteiger partial charge in [-0.2, -0.15) is 13.2 Å². The maximum absolute atomic E-state index is 13.9. The van der Waals surface area contributed by atoms with E-state index in [1.165, 1.54) is 18.9 Å². The van der Waals surface area contributed by atoms with E-state index in [1.54, 1.807) is 14.7 Å². The minimum Gasteiger partial charge on any atom is -0.397 e. The predicted octanol–water partition coefficient (Wildman–Crippen LogP) is 5.16. The molecule has 0 bridgehead atoms. The van der Waals surface area contributed by atoms with Crippen LogP contribution in [0.4, 0.5) is 34.1 Å². The number of anilines is 2. The summed E-state index contributed by atoms with van der Waals surface area (Å²) >= 11 is 6.11. The fraction of sp³-hybridized carbons (Fsp3) is 0.545. The Morgan fingerprint density at radius 2 is 1.60 bits per heavy atom. The molecule has 47 heavy (non-hydrogen) atoms. The Morgan fingerprint density at radius 1 is 0.957 bits per heavy atom. The van der Waals surface area contributed by atoms with E-state index in [1.807, 2.05) is 24.3 Å². The number of carbonyl (C=O) groups excluding carboxylic acids is 3. The lowest BCUT2D eigenvalue weighted by Gasteiger charge is -2.41. The number of piperidine rings is 2. The van der Waals surface area contributed by atoms with E-state index in [4.69, 9.17) is 17.3 Å². The van der Waals surface area contributed by atoms with Crippen molar-refractivity contribution in [2.75, 3.05) is 50.3 Å². The lowest BCUT2D eigenvalue weighted by Crippen LogP contribution is -2.57. The Bertz CT molecular complexity index is 1490. The molecule has 0 saturated carbocycles. The zero-order valence-corrected chi connectivity index (χ0v) is 27.0. The molecule has 0 spiro atoms. The zero-order chi connectivity index (χ0) is 33.3. The summed E-state index contributed by atoms with van der Waals surface area (Å²) in [6.45, 7) is 4.33. The number of nitrogens with two attached hydrogens (primary N) is 1. The van der Waals surface area contributed by atoms with E-state index in [-0.39, 0.29) is 35.0 Å². The van der Waals surface area contributed by atoms with E-state index >= 15 is 0 Å². The van der Waals surface area contributed by atoms with E-state index in [2.05, 4.69) is 15.5 Å². The normalized spacial score (nSPS) is 20.6. The molecule has 14 heteroatoms. The summed E-state index contributed by atoms with van der Waals surface area (Å²) in [4.78, 5) is 47.9. The zero-order valence-electron chi connectivity index (χ0n) is 26.2. The molecule has 4 N–H and O–H groups in total. The number of rotatable bonds is 6. The molecule has 2 aromatic rings. The van der Waals surface area contributed by atoms with Crippen LogP contribution in [0, 0.1) is 0 Å². The Hall–Kier alpha value is -3.71. The van der Waals surface area contributed by atoms with E-state index in [0.29, 0.717) is 51.6 Å². The number of halogens is 4. The third-order valence-corrected chi connectivity index (χ3v) is 10.3. The van der Waals surface area contributed by atoms with Crippen LogP contribution in [0.3, 0.4) is 0 Å². The molecule has 254 valence electrons. The van der Waals surface area contributed by atoms with Gasteiger partial charge in [0.05, 0.1) is 16.3 Å². The van der Waals surface area contributed by atoms with Gasteiger partial charge in [-0.25, -0.2) is 9.59 Å². The van der Waals surface area contributed by atoms with Gasteiger partial charge < -0.3 is 36.0 Å². The summed E-state index contributed by atoms with van der Waals surface area (Å²) in [7, 11) is 0. The summed E-state index contributed by atoms with van der Waals surface area (Å²) < 4.78 is 41.3. The number of benzene rings is 2. The first-order valence-corrected chi connectivity index (χ1v) is 16.7. The van der Waals surface area contributed by atoms with Gasteiger partial charge in [-0.3, -0.25) is 4.79 Å². The number of amides is 5. The number of likely N-dealkylation sites (tertiary alicyclic amines) is 3. The Kier molecular flexibility index (Phi) is 9.75. The lowest BCUT2D eigenvalue weighted by atomic mass is 9.98. The lowest BCUT2D eigenvalue weighted by molar-refractivity contribution is -0.137. The SMILES string of the molecule is Nc1c(Cl)cc(CC(NC(=O)N2CCC(N3Cc4ccccc4NC3=O)CC2)C(=O)N2CCC(N3CCCC3)CC2)cc1C(F)(F)F. The summed E-state index contributed by atoms with van der Waals surface area (Å²) in [5.41, 5.74) is 5.97. The first-order valence-electron chi connectivity index (χ1n) is 16.4. The second-order valence-electron chi connectivity index (χ2n) is 13.0. The molecule has 10 nitrogen and oxygen atoms in total. The smallest absolute Gasteiger partial charge is 0.397 e. The van der Waals surface area contributed by atoms with Crippen molar-refractivity contribution in [3.05, 3.63) is 58.1 Å². The topological polar surface area (TPSA) is 114 Å². The molecule has 3 saturated heterocycles. The molecule has 1 unspecified atom stereocenters. The third kappa shape index (κ3) is 7.40. The van der Waals surface area contributed by atoms with Crippen LogP contribution in [0.25, 0.3) is 0 Å². The van der Waals surface area contributed by atoms with Crippen molar-refractivity contribution in [2.24, 2.45) is 0 Å². The van der Waals surface area contributed by atoms with Crippen LogP contribution < -0.4 is 16.4 Å². The van der Waals surface area contributed by atoms with Gasteiger partial charge in [-0.1, -0.05) is 29.8 Å². The van der Waals surface area contributed by atoms with Crippen molar-refractivity contribution >= 4 is 40.9 Å². The van der Waals surface area contributed by atoms with Crippen molar-refractivity contribution in [3.8, 4) is 0 Å². The Morgan fingerprint density at radius 3 is 2.28 bits per heavy atom. The summed E-state index contributed by atoms with van der Waals surface area (Å²) in [5.74, 6) is -0.335. The maximum Gasteiger partial charge on any atom is 0.418 e. The molecule has 2 aromatic carbocycles. The predicted molar refractivity (Wildman–Crippen MR) is 173 cm³/mol. The van der Waals surface area contributed by atoms with Crippen molar-refractivity contribution in [1.82, 2.24) is 24.9 Å². The minimum atomic E-state index is -4.73. The number of urea groups is 2. The number of nitrogens with zero attached hydrogens (tertiary/aromatic N) is 4. The van der Waals surface area contributed by atoms with Crippen LogP contribution in [-0.4, -0.2) is 95.0 Å². The Labute approximate surface area is 277 Å². The quantitative estimate of drug-likeness (QED) is 0.366. The van der Waals surface area contributed by atoms with Gasteiger partial charge in [-0.15, -0.1) is 0 Å². The van der Waals surface area contributed by atoms with Crippen LogP contribution in [0.1, 0.15) is 55.2 Å². The monoisotopic (exact) mass is 675 g/mol. The van der Waals surface area contributed by atoms with Crippen LogP contribution in [0.15, 0.2) is 36.4 Å². The molecule has 3 fully saturated rings. The van der Waals surface area contributed by atoms with Crippen LogP contribution >= 0.6 is 11.6 Å². The number of hydrogen-bond acceptors (Lipinski definition) is 5. The highest BCUT2D eigenvalue weighted by molar-refractivity contribution is 6.33. The highest BCUT2D eigenvalue weighted by Crippen LogP contribution is 2.38. The molecule has 0 radical (unpaired) electrons. The Balaban J connectivity index is 1.13. The molecule has 4 aliphatic heterocycles. The highest BCUT2D eigenvalue weighted by atomic mass is 35.5.